The smallest absolute Gasteiger partial charge is 0.139 e. The van der Waals surface area contributed by atoms with E-state index in [0.29, 0.717) is 18.2 Å². The molecule has 0 aromatic rings. The molecule has 0 amide bonds. The van der Waals surface area contributed by atoms with Gasteiger partial charge in [-0.2, -0.15) is 0 Å². The van der Waals surface area contributed by atoms with Gasteiger partial charge in [-0.05, 0) is 51.1 Å². The molecule has 17 heavy (non-hydrogen) atoms. The van der Waals surface area contributed by atoms with Crippen LogP contribution in [0.5, 0.6) is 0 Å². The third-order valence-corrected chi connectivity index (χ3v) is 3.35. The molecule has 100 valence electrons. The molecule has 1 aliphatic carbocycles. The molecule has 5 N–H and O–H groups in total. The maximum atomic E-state index is 9.53. The molecule has 0 spiro atoms. The fourth-order valence-electron chi connectivity index (χ4n) is 2.36. The van der Waals surface area contributed by atoms with Crippen molar-refractivity contribution < 1.29 is 10.3 Å². The molecule has 1 saturated carbocycles. The van der Waals surface area contributed by atoms with E-state index in [-0.39, 0.29) is 6.10 Å². The number of nitrogens with zero attached hydrogens (tertiary/aromatic N) is 1. The van der Waals surface area contributed by atoms with Crippen molar-refractivity contribution in [2.45, 2.75) is 51.0 Å². The predicted octanol–water partition coefficient (Wildman–Crippen LogP) is 1.04. The largest absolute Gasteiger partial charge is 0.409 e. The van der Waals surface area contributed by atoms with Gasteiger partial charge in [-0.25, -0.2) is 0 Å². The summed E-state index contributed by atoms with van der Waals surface area (Å²) in [5.41, 5.74) is 5.37. The van der Waals surface area contributed by atoms with Crippen molar-refractivity contribution >= 4 is 5.84 Å². The predicted molar refractivity (Wildman–Crippen MR) is 68.1 cm³/mol. The highest BCUT2D eigenvalue weighted by molar-refractivity contribution is 5.79. The minimum atomic E-state index is -0.0869. The Bertz CT molecular complexity index is 234. The van der Waals surface area contributed by atoms with E-state index >= 15 is 0 Å². The van der Waals surface area contributed by atoms with Crippen LogP contribution in [0, 0.1) is 5.92 Å². The van der Waals surface area contributed by atoms with Crippen molar-refractivity contribution in [1.29, 1.82) is 0 Å². The Morgan fingerprint density at radius 2 is 2.18 bits per heavy atom. The molecule has 0 aliphatic heterocycles. The van der Waals surface area contributed by atoms with E-state index in [1.807, 2.05) is 0 Å². The van der Waals surface area contributed by atoms with Gasteiger partial charge in [0, 0.05) is 6.42 Å². The number of aliphatic hydroxyl groups excluding tert-OH is 1. The maximum Gasteiger partial charge on any atom is 0.139 e. The van der Waals surface area contributed by atoms with E-state index in [1.165, 1.54) is 6.42 Å². The van der Waals surface area contributed by atoms with Crippen LogP contribution in [-0.2, 0) is 0 Å². The van der Waals surface area contributed by atoms with Gasteiger partial charge in [0.1, 0.15) is 5.84 Å². The van der Waals surface area contributed by atoms with Crippen LogP contribution in [0.25, 0.3) is 0 Å². The fourth-order valence-corrected chi connectivity index (χ4v) is 2.36. The molecule has 0 bridgehead atoms. The van der Waals surface area contributed by atoms with E-state index < -0.39 is 0 Å². The highest BCUT2D eigenvalue weighted by Gasteiger charge is 2.19. The Morgan fingerprint density at radius 1 is 1.35 bits per heavy atom. The number of amidine groups is 1. The van der Waals surface area contributed by atoms with Gasteiger partial charge in [0.25, 0.3) is 0 Å². The number of nitrogens with one attached hydrogen (secondary N) is 1. The summed E-state index contributed by atoms with van der Waals surface area (Å²) in [4.78, 5) is 0. The van der Waals surface area contributed by atoms with E-state index in [4.69, 9.17) is 10.9 Å². The van der Waals surface area contributed by atoms with Gasteiger partial charge in [-0.15, -0.1) is 0 Å². The van der Waals surface area contributed by atoms with Gasteiger partial charge < -0.3 is 21.4 Å². The van der Waals surface area contributed by atoms with Gasteiger partial charge >= 0.3 is 0 Å². The molecule has 2 unspecified atom stereocenters. The molecule has 5 heteroatoms. The fraction of sp³-hybridized carbons (Fsp3) is 0.917. The molecule has 5 nitrogen and oxygen atoms in total. The van der Waals surface area contributed by atoms with Crippen molar-refractivity contribution in [3.63, 3.8) is 0 Å². The number of hydrogen-bond acceptors (Lipinski definition) is 4. The summed E-state index contributed by atoms with van der Waals surface area (Å²) >= 11 is 0. The number of aliphatic hydroxyl groups is 1. The second kappa shape index (κ2) is 8.31. The molecule has 0 aromatic carbocycles. The van der Waals surface area contributed by atoms with Crippen LogP contribution in [0.1, 0.15) is 44.9 Å². The van der Waals surface area contributed by atoms with E-state index in [0.717, 1.165) is 45.2 Å². The van der Waals surface area contributed by atoms with Crippen LogP contribution >= 0.6 is 0 Å². The Labute approximate surface area is 103 Å². The molecule has 0 heterocycles. The molecule has 2 atom stereocenters. The SMILES string of the molecule is NC(CCCCNCC1CCCC(O)C1)=NO. The quantitative estimate of drug-likeness (QED) is 0.177. The molecule has 0 aromatic heterocycles. The van der Waals surface area contributed by atoms with Gasteiger partial charge in [0.2, 0.25) is 0 Å². The highest BCUT2D eigenvalue weighted by Crippen LogP contribution is 2.23. The van der Waals surface area contributed by atoms with Crippen LogP contribution in [0.15, 0.2) is 5.16 Å². The Balaban J connectivity index is 1.93. The lowest BCUT2D eigenvalue weighted by Crippen LogP contribution is -2.29. The molecular formula is C12H25N3O2. The van der Waals surface area contributed by atoms with Crippen LogP contribution in [0.3, 0.4) is 0 Å². The summed E-state index contributed by atoms with van der Waals surface area (Å²) in [5, 5.41) is 24.2. The zero-order valence-corrected chi connectivity index (χ0v) is 10.4. The topological polar surface area (TPSA) is 90.9 Å². The van der Waals surface area contributed by atoms with Crippen LogP contribution < -0.4 is 11.1 Å². The Hall–Kier alpha value is -0.810. The van der Waals surface area contributed by atoms with Crippen LogP contribution in [0.2, 0.25) is 0 Å². The zero-order valence-electron chi connectivity index (χ0n) is 10.4. The number of rotatable bonds is 7. The minimum Gasteiger partial charge on any atom is -0.409 e. The molecular weight excluding hydrogens is 218 g/mol. The summed E-state index contributed by atoms with van der Waals surface area (Å²) in [5.74, 6) is 0.934. The van der Waals surface area contributed by atoms with Crippen LogP contribution in [0.4, 0.5) is 0 Å². The summed E-state index contributed by atoms with van der Waals surface area (Å²) in [7, 11) is 0. The van der Waals surface area contributed by atoms with Crippen LogP contribution in [-0.4, -0.2) is 35.3 Å². The van der Waals surface area contributed by atoms with E-state index in [9.17, 15) is 5.11 Å². The molecule has 1 fully saturated rings. The standard InChI is InChI=1S/C12H25N3O2/c13-12(15-17)6-1-2-7-14-9-10-4-3-5-11(16)8-10/h10-11,14,16-17H,1-9H2,(H2,13,15). The first kappa shape index (κ1) is 14.3. The highest BCUT2D eigenvalue weighted by atomic mass is 16.4. The first-order valence-corrected chi connectivity index (χ1v) is 6.57. The van der Waals surface area contributed by atoms with Gasteiger partial charge in [-0.1, -0.05) is 11.6 Å². The Morgan fingerprint density at radius 3 is 2.88 bits per heavy atom. The zero-order chi connectivity index (χ0) is 12.5. The number of hydrogen-bond donors (Lipinski definition) is 4. The lowest BCUT2D eigenvalue weighted by molar-refractivity contribution is 0.101. The van der Waals surface area contributed by atoms with Crippen molar-refractivity contribution in [2.24, 2.45) is 16.8 Å². The molecule has 1 aliphatic rings. The Kier molecular flexibility index (Phi) is 6.96. The molecule has 1 rings (SSSR count). The van der Waals surface area contributed by atoms with E-state index in [1.54, 1.807) is 0 Å². The summed E-state index contributed by atoms with van der Waals surface area (Å²) < 4.78 is 0. The van der Waals surface area contributed by atoms with Crippen molar-refractivity contribution in [3.8, 4) is 0 Å². The lowest BCUT2D eigenvalue weighted by atomic mass is 9.87. The van der Waals surface area contributed by atoms with Gasteiger partial charge in [-0.3, -0.25) is 0 Å². The van der Waals surface area contributed by atoms with Crippen molar-refractivity contribution in [1.82, 2.24) is 5.32 Å². The first-order chi connectivity index (χ1) is 8.22. The number of oxime groups is 1. The van der Waals surface area contributed by atoms with E-state index in [2.05, 4.69) is 10.5 Å². The molecule has 0 saturated heterocycles. The normalized spacial score (nSPS) is 26.1. The minimum absolute atomic E-state index is 0.0869. The number of nitrogens with two attached hydrogens (primary N) is 1. The average molecular weight is 243 g/mol. The van der Waals surface area contributed by atoms with Crippen molar-refractivity contribution in [3.05, 3.63) is 0 Å². The third kappa shape index (κ3) is 6.48. The average Bonchev–Trinajstić information content (AvgIpc) is 2.33. The third-order valence-electron chi connectivity index (χ3n) is 3.35. The summed E-state index contributed by atoms with van der Waals surface area (Å²) in [6.07, 6.45) is 6.83. The summed E-state index contributed by atoms with van der Waals surface area (Å²) in [6.45, 7) is 1.96. The summed E-state index contributed by atoms with van der Waals surface area (Å²) in [6, 6.07) is 0. The first-order valence-electron chi connectivity index (χ1n) is 6.57. The monoisotopic (exact) mass is 243 g/mol. The van der Waals surface area contributed by atoms with Gasteiger partial charge in [0.15, 0.2) is 0 Å². The second-order valence-corrected chi connectivity index (χ2v) is 4.94. The number of unbranched alkanes of at least 4 members (excludes halogenated alkanes) is 1. The lowest BCUT2D eigenvalue weighted by Gasteiger charge is -2.25. The van der Waals surface area contributed by atoms with Gasteiger partial charge in [0.05, 0.1) is 6.10 Å². The van der Waals surface area contributed by atoms with Crippen molar-refractivity contribution in [2.75, 3.05) is 13.1 Å². The molecule has 0 radical (unpaired) electrons. The maximum absolute atomic E-state index is 9.53. The second-order valence-electron chi connectivity index (χ2n) is 4.94.